The summed E-state index contributed by atoms with van der Waals surface area (Å²) in [6, 6.07) is -0.867. The van der Waals surface area contributed by atoms with Gasteiger partial charge in [-0.05, 0) is 6.42 Å². The molecule has 0 amide bonds. The fourth-order valence-electron chi connectivity index (χ4n) is 0.867. The summed E-state index contributed by atoms with van der Waals surface area (Å²) < 4.78 is 44.4. The van der Waals surface area contributed by atoms with Crippen LogP contribution in [0.25, 0.3) is 0 Å². The summed E-state index contributed by atoms with van der Waals surface area (Å²) in [6.07, 6.45) is -3.25. The molecule has 1 heterocycles. The molecule has 0 unspecified atom stereocenters. The molecule has 0 fully saturated rings. The molecule has 0 saturated carbocycles. The molecule has 0 N–H and O–H groups in total. The molecule has 0 aliphatic heterocycles. The molecule has 0 aliphatic carbocycles. The van der Waals surface area contributed by atoms with Gasteiger partial charge < -0.3 is 9.47 Å². The van der Waals surface area contributed by atoms with Crippen LogP contribution in [0.15, 0.2) is 12.4 Å². The van der Waals surface area contributed by atoms with E-state index in [1.807, 2.05) is 0 Å². The molecular weight excluding hydrogens is 229 g/mol. The van der Waals surface area contributed by atoms with Crippen molar-refractivity contribution in [3.05, 3.63) is 12.4 Å². The zero-order valence-electron chi connectivity index (χ0n) is 8.32. The molecule has 0 spiro atoms. The molecule has 0 aliphatic rings. The second-order valence-electron chi connectivity index (χ2n) is 2.74. The highest BCUT2D eigenvalue weighted by Crippen LogP contribution is 2.20. The van der Waals surface area contributed by atoms with Gasteiger partial charge in [0.25, 0.3) is 0 Å². The maximum Gasteiger partial charge on any atom is 0.575 e. The van der Waals surface area contributed by atoms with Crippen LogP contribution < -0.4 is 4.74 Å². The highest BCUT2D eigenvalue weighted by molar-refractivity contribution is 5.71. The Kier molecular flexibility index (Phi) is 3.75. The first-order valence-electron chi connectivity index (χ1n) is 4.40. The Hall–Kier alpha value is -1.73. The summed E-state index contributed by atoms with van der Waals surface area (Å²) in [6.45, 7) is 1.87. The third-order valence-corrected chi connectivity index (χ3v) is 1.44. The molecule has 1 aromatic rings. The molecule has 0 bridgehead atoms. The Balaban J connectivity index is 2.74. The van der Waals surface area contributed by atoms with E-state index in [0.29, 0.717) is 11.0 Å². The van der Waals surface area contributed by atoms with Gasteiger partial charge in [-0.25, -0.2) is 14.3 Å². The third-order valence-electron chi connectivity index (χ3n) is 1.44. The highest BCUT2D eigenvalue weighted by atomic mass is 19.4. The van der Waals surface area contributed by atoms with Crippen LogP contribution in [0, 0.1) is 0 Å². The first-order valence-corrected chi connectivity index (χ1v) is 4.40. The van der Waals surface area contributed by atoms with Gasteiger partial charge in [-0.3, -0.25) is 0 Å². The van der Waals surface area contributed by atoms with Crippen LogP contribution in [-0.4, -0.2) is 28.6 Å². The molecule has 8 heteroatoms. The molecule has 0 atom stereocenters. The van der Waals surface area contributed by atoms with Crippen LogP contribution in [0.2, 0.25) is 0 Å². The minimum absolute atomic E-state index is 0.114. The molecule has 0 saturated heterocycles. The summed E-state index contributed by atoms with van der Waals surface area (Å²) in [4.78, 5) is 14.5. The quantitative estimate of drug-likeness (QED) is 0.809. The number of alkyl halides is 3. The zero-order chi connectivity index (χ0) is 12.2. The van der Waals surface area contributed by atoms with E-state index in [1.54, 1.807) is 6.92 Å². The Morgan fingerprint density at radius 1 is 1.56 bits per heavy atom. The summed E-state index contributed by atoms with van der Waals surface area (Å²) in [7, 11) is 0. The fourth-order valence-corrected chi connectivity index (χ4v) is 0.867. The van der Waals surface area contributed by atoms with Crippen LogP contribution in [-0.2, 0) is 4.74 Å². The highest BCUT2D eigenvalue weighted by Gasteiger charge is 2.34. The number of rotatable bonds is 3. The molecule has 0 radical (unpaired) electrons. The number of hydrogen-bond donors (Lipinski definition) is 0. The lowest BCUT2D eigenvalue weighted by Gasteiger charge is -2.09. The van der Waals surface area contributed by atoms with Crippen molar-refractivity contribution in [3.63, 3.8) is 0 Å². The predicted octanol–water partition coefficient (Wildman–Crippen LogP) is 2.18. The van der Waals surface area contributed by atoms with E-state index in [9.17, 15) is 18.0 Å². The van der Waals surface area contributed by atoms with Gasteiger partial charge in [0, 0.05) is 12.4 Å². The number of carbonyl (C=O) groups is 1. The van der Waals surface area contributed by atoms with Crippen molar-refractivity contribution in [2.75, 3.05) is 6.61 Å². The average Bonchev–Trinajstić information content (AvgIpc) is 2.59. The smallest absolute Gasteiger partial charge is 0.449 e. The van der Waals surface area contributed by atoms with Crippen molar-refractivity contribution in [2.45, 2.75) is 19.7 Å². The van der Waals surface area contributed by atoms with Crippen molar-refractivity contribution < 1.29 is 27.4 Å². The maximum absolute atomic E-state index is 11.9. The van der Waals surface area contributed by atoms with E-state index >= 15 is 0 Å². The second kappa shape index (κ2) is 4.86. The molecule has 0 aromatic carbocycles. The molecule has 5 nitrogen and oxygen atoms in total. The van der Waals surface area contributed by atoms with Crippen LogP contribution in [0.5, 0.6) is 6.01 Å². The van der Waals surface area contributed by atoms with Crippen molar-refractivity contribution >= 4 is 6.09 Å². The van der Waals surface area contributed by atoms with E-state index in [-0.39, 0.29) is 6.61 Å². The SMILES string of the molecule is CCCOC(=O)n1ccnc1OC(F)(F)F. The standard InChI is InChI=1S/C8H9F3N2O3/c1-2-5-15-7(14)13-4-3-12-6(13)16-8(9,10)11/h3-4H,2,5H2,1H3. The Bertz CT molecular complexity index is 362. The number of carbonyl (C=O) groups excluding carboxylic acids is 1. The summed E-state index contributed by atoms with van der Waals surface area (Å²) >= 11 is 0. The van der Waals surface area contributed by atoms with Gasteiger partial charge >= 0.3 is 18.5 Å². The molecule has 90 valence electrons. The second-order valence-corrected chi connectivity index (χ2v) is 2.74. The molecule has 1 rings (SSSR count). The van der Waals surface area contributed by atoms with Gasteiger partial charge in [-0.2, -0.15) is 0 Å². The monoisotopic (exact) mass is 238 g/mol. The Morgan fingerprint density at radius 2 is 2.25 bits per heavy atom. The van der Waals surface area contributed by atoms with E-state index in [4.69, 9.17) is 0 Å². The van der Waals surface area contributed by atoms with Crippen molar-refractivity contribution in [2.24, 2.45) is 0 Å². The van der Waals surface area contributed by atoms with Crippen LogP contribution >= 0.6 is 0 Å². The summed E-state index contributed by atoms with van der Waals surface area (Å²) in [5, 5.41) is 0. The average molecular weight is 238 g/mol. The Labute approximate surface area is 88.8 Å². The van der Waals surface area contributed by atoms with Crippen LogP contribution in [0.1, 0.15) is 13.3 Å². The van der Waals surface area contributed by atoms with Gasteiger partial charge in [0.1, 0.15) is 0 Å². The minimum atomic E-state index is -4.89. The van der Waals surface area contributed by atoms with Gasteiger partial charge in [-0.1, -0.05) is 6.92 Å². The zero-order valence-corrected chi connectivity index (χ0v) is 8.32. The lowest BCUT2D eigenvalue weighted by atomic mass is 10.5. The summed E-state index contributed by atoms with van der Waals surface area (Å²) in [5.41, 5.74) is 0. The van der Waals surface area contributed by atoms with Gasteiger partial charge in [-0.15, -0.1) is 13.2 Å². The van der Waals surface area contributed by atoms with E-state index in [1.165, 1.54) is 0 Å². The lowest BCUT2D eigenvalue weighted by molar-refractivity contribution is -0.278. The first kappa shape index (κ1) is 12.3. The predicted molar refractivity (Wildman–Crippen MR) is 45.9 cm³/mol. The topological polar surface area (TPSA) is 53.4 Å². The normalized spacial score (nSPS) is 11.2. The maximum atomic E-state index is 11.9. The van der Waals surface area contributed by atoms with Gasteiger partial charge in [0.05, 0.1) is 6.61 Å². The van der Waals surface area contributed by atoms with Crippen molar-refractivity contribution in [1.29, 1.82) is 0 Å². The molecular formula is C8H9F3N2O3. The van der Waals surface area contributed by atoms with Crippen molar-refractivity contribution in [1.82, 2.24) is 9.55 Å². The first-order chi connectivity index (χ1) is 7.44. The van der Waals surface area contributed by atoms with E-state index in [2.05, 4.69) is 14.5 Å². The number of imidazole rings is 1. The number of ether oxygens (including phenoxy) is 2. The lowest BCUT2D eigenvalue weighted by Crippen LogP contribution is -2.22. The largest absolute Gasteiger partial charge is 0.575 e. The summed E-state index contributed by atoms with van der Waals surface area (Å²) in [5.74, 6) is 0. The molecule has 1 aromatic heterocycles. The van der Waals surface area contributed by atoms with E-state index in [0.717, 1.165) is 12.4 Å². The molecule has 16 heavy (non-hydrogen) atoms. The van der Waals surface area contributed by atoms with Crippen molar-refractivity contribution in [3.8, 4) is 6.01 Å². The fraction of sp³-hybridized carbons (Fsp3) is 0.500. The Morgan fingerprint density at radius 3 is 2.81 bits per heavy atom. The number of nitrogens with zero attached hydrogens (tertiary/aromatic N) is 2. The van der Waals surface area contributed by atoms with Crippen LogP contribution in [0.3, 0.4) is 0 Å². The third kappa shape index (κ3) is 3.44. The van der Waals surface area contributed by atoms with Gasteiger partial charge in [0.2, 0.25) is 0 Å². The minimum Gasteiger partial charge on any atom is -0.449 e. The van der Waals surface area contributed by atoms with E-state index < -0.39 is 18.5 Å². The number of hydrogen-bond acceptors (Lipinski definition) is 4. The number of aromatic nitrogens is 2. The van der Waals surface area contributed by atoms with Gasteiger partial charge in [0.15, 0.2) is 0 Å². The number of halogens is 3. The van der Waals surface area contributed by atoms with Crippen LogP contribution in [0.4, 0.5) is 18.0 Å².